The number of hydrogen-bond donors (Lipinski definition) is 4. The standard InChI is InChI=1S/C17H19N3O5S/c18-11-4-5-13-12(10-11)17(23)16-14(19-13)2-1-3-15(16)26(24,25)20(6-8-21)7-9-22/h1-5,10,21-22H,6-9,18H2,(H,19,23). The van der Waals surface area contributed by atoms with Gasteiger partial charge in [-0.15, -0.1) is 0 Å². The summed E-state index contributed by atoms with van der Waals surface area (Å²) in [5.41, 5.74) is 6.62. The van der Waals surface area contributed by atoms with Gasteiger partial charge in [-0.1, -0.05) is 6.07 Å². The van der Waals surface area contributed by atoms with Crippen molar-refractivity contribution >= 4 is 37.5 Å². The fourth-order valence-corrected chi connectivity index (χ4v) is 4.57. The molecule has 26 heavy (non-hydrogen) atoms. The Bertz CT molecular complexity index is 1120. The van der Waals surface area contributed by atoms with Crippen LogP contribution < -0.4 is 11.2 Å². The van der Waals surface area contributed by atoms with E-state index in [4.69, 9.17) is 15.9 Å². The second-order valence-corrected chi connectivity index (χ2v) is 7.70. The SMILES string of the molecule is Nc1ccc2[nH]c3cccc(S(=O)(=O)N(CCO)CCO)c3c(=O)c2c1. The summed E-state index contributed by atoms with van der Waals surface area (Å²) in [5.74, 6) is 0. The Morgan fingerprint density at radius 2 is 1.73 bits per heavy atom. The van der Waals surface area contributed by atoms with Gasteiger partial charge in [-0.25, -0.2) is 8.42 Å². The number of benzene rings is 2. The van der Waals surface area contributed by atoms with E-state index in [1.165, 1.54) is 18.2 Å². The van der Waals surface area contributed by atoms with Gasteiger partial charge in [-0.05, 0) is 30.3 Å². The number of nitrogens with one attached hydrogen (secondary N) is 1. The molecule has 0 atom stereocenters. The monoisotopic (exact) mass is 377 g/mol. The van der Waals surface area contributed by atoms with Crippen LogP contribution in [0.1, 0.15) is 0 Å². The molecule has 3 aromatic rings. The molecule has 8 nitrogen and oxygen atoms in total. The number of aromatic amines is 1. The van der Waals surface area contributed by atoms with Gasteiger partial charge >= 0.3 is 0 Å². The van der Waals surface area contributed by atoms with Crippen molar-refractivity contribution in [2.45, 2.75) is 4.90 Å². The van der Waals surface area contributed by atoms with Crippen LogP contribution in [0.25, 0.3) is 21.8 Å². The molecule has 0 saturated heterocycles. The summed E-state index contributed by atoms with van der Waals surface area (Å²) in [6.45, 7) is -1.17. The second-order valence-electron chi connectivity index (χ2n) is 5.79. The maximum Gasteiger partial charge on any atom is 0.244 e. The van der Waals surface area contributed by atoms with Gasteiger partial charge in [-0.3, -0.25) is 4.79 Å². The molecule has 9 heteroatoms. The van der Waals surface area contributed by atoms with Gasteiger partial charge in [0.15, 0.2) is 5.43 Å². The summed E-state index contributed by atoms with van der Waals surface area (Å²) in [7, 11) is -4.09. The number of nitrogens with zero attached hydrogens (tertiary/aromatic N) is 1. The average Bonchev–Trinajstić information content (AvgIpc) is 2.62. The Morgan fingerprint density at radius 1 is 1.04 bits per heavy atom. The van der Waals surface area contributed by atoms with Gasteiger partial charge in [0.25, 0.3) is 0 Å². The van der Waals surface area contributed by atoms with Crippen LogP contribution in [-0.4, -0.2) is 54.2 Å². The van der Waals surface area contributed by atoms with Gasteiger partial charge in [0, 0.05) is 29.7 Å². The molecule has 0 aliphatic rings. The van der Waals surface area contributed by atoms with Crippen LogP contribution in [-0.2, 0) is 10.0 Å². The van der Waals surface area contributed by atoms with Crippen molar-refractivity contribution in [3.63, 3.8) is 0 Å². The van der Waals surface area contributed by atoms with Crippen LogP contribution in [0.5, 0.6) is 0 Å². The molecule has 2 aromatic carbocycles. The number of aliphatic hydroxyl groups is 2. The highest BCUT2D eigenvalue weighted by Crippen LogP contribution is 2.25. The van der Waals surface area contributed by atoms with Gasteiger partial charge < -0.3 is 20.9 Å². The van der Waals surface area contributed by atoms with Crippen molar-refractivity contribution in [2.24, 2.45) is 0 Å². The minimum absolute atomic E-state index is 0.0199. The molecule has 0 amide bonds. The Morgan fingerprint density at radius 3 is 2.38 bits per heavy atom. The predicted octanol–water partition coefficient (Wildman–Crippen LogP) is 0.239. The first-order chi connectivity index (χ1) is 12.4. The third-order valence-electron chi connectivity index (χ3n) is 4.13. The van der Waals surface area contributed by atoms with E-state index in [-0.39, 0.29) is 28.8 Å². The zero-order valence-electron chi connectivity index (χ0n) is 13.8. The molecule has 0 spiro atoms. The van der Waals surface area contributed by atoms with Crippen molar-refractivity contribution in [1.82, 2.24) is 9.29 Å². The number of nitrogen functional groups attached to an aromatic ring is 1. The zero-order valence-corrected chi connectivity index (χ0v) is 14.7. The minimum atomic E-state index is -4.09. The molecule has 0 aliphatic heterocycles. The molecule has 0 fully saturated rings. The zero-order chi connectivity index (χ0) is 18.9. The number of sulfonamides is 1. The van der Waals surface area contributed by atoms with Gasteiger partial charge in [0.2, 0.25) is 10.0 Å². The number of aliphatic hydroxyl groups excluding tert-OH is 2. The number of fused-ring (bicyclic) bond motifs is 2. The molecule has 0 aliphatic carbocycles. The lowest BCUT2D eigenvalue weighted by Crippen LogP contribution is -2.36. The number of H-pyrrole nitrogens is 1. The first kappa shape index (κ1) is 18.3. The van der Waals surface area contributed by atoms with E-state index in [1.54, 1.807) is 18.2 Å². The summed E-state index contributed by atoms with van der Waals surface area (Å²) in [5, 5.41) is 18.6. The van der Waals surface area contributed by atoms with Crippen LogP contribution >= 0.6 is 0 Å². The molecule has 0 bridgehead atoms. The maximum atomic E-state index is 13.0. The van der Waals surface area contributed by atoms with E-state index in [0.717, 1.165) is 4.31 Å². The molecular formula is C17H19N3O5S. The topological polar surface area (TPSA) is 137 Å². The lowest BCUT2D eigenvalue weighted by atomic mass is 10.1. The summed E-state index contributed by atoms with van der Waals surface area (Å²) in [6.07, 6.45) is 0. The first-order valence-corrected chi connectivity index (χ1v) is 9.40. The second kappa shape index (κ2) is 7.04. The molecule has 1 aromatic heterocycles. The fraction of sp³-hybridized carbons (Fsp3) is 0.235. The Labute approximate surface area is 149 Å². The van der Waals surface area contributed by atoms with Gasteiger partial charge in [-0.2, -0.15) is 4.31 Å². The molecule has 138 valence electrons. The van der Waals surface area contributed by atoms with Crippen molar-refractivity contribution in [3.05, 3.63) is 46.6 Å². The number of anilines is 1. The van der Waals surface area contributed by atoms with Crippen LogP contribution in [0.4, 0.5) is 5.69 Å². The summed E-state index contributed by atoms with van der Waals surface area (Å²) in [6, 6.07) is 9.30. The number of aromatic nitrogens is 1. The van der Waals surface area contributed by atoms with Crippen molar-refractivity contribution in [1.29, 1.82) is 0 Å². The Kier molecular flexibility index (Phi) is 4.97. The number of rotatable bonds is 6. The molecule has 0 unspecified atom stereocenters. The highest BCUT2D eigenvalue weighted by atomic mass is 32.2. The normalized spacial score (nSPS) is 12.3. The number of pyridine rings is 1. The Hall–Kier alpha value is -2.46. The molecule has 0 radical (unpaired) electrons. The van der Waals surface area contributed by atoms with E-state index < -0.39 is 28.7 Å². The maximum absolute atomic E-state index is 13.0. The fourth-order valence-electron chi connectivity index (χ4n) is 2.94. The lowest BCUT2D eigenvalue weighted by molar-refractivity contribution is 0.217. The average molecular weight is 377 g/mol. The lowest BCUT2D eigenvalue weighted by Gasteiger charge is -2.21. The van der Waals surface area contributed by atoms with Crippen LogP contribution in [0, 0.1) is 0 Å². The van der Waals surface area contributed by atoms with E-state index in [1.807, 2.05) is 0 Å². The molecule has 5 N–H and O–H groups in total. The van der Waals surface area contributed by atoms with E-state index >= 15 is 0 Å². The van der Waals surface area contributed by atoms with Crippen molar-refractivity contribution in [3.8, 4) is 0 Å². The largest absolute Gasteiger partial charge is 0.399 e. The molecule has 1 heterocycles. The minimum Gasteiger partial charge on any atom is -0.399 e. The molecule has 3 rings (SSSR count). The van der Waals surface area contributed by atoms with E-state index in [2.05, 4.69) is 4.98 Å². The van der Waals surface area contributed by atoms with E-state index in [9.17, 15) is 13.2 Å². The molecular weight excluding hydrogens is 358 g/mol. The smallest absolute Gasteiger partial charge is 0.244 e. The third-order valence-corrected chi connectivity index (χ3v) is 6.07. The van der Waals surface area contributed by atoms with Crippen LogP contribution in [0.15, 0.2) is 46.1 Å². The van der Waals surface area contributed by atoms with E-state index in [0.29, 0.717) is 16.7 Å². The number of nitrogens with two attached hydrogens (primary N) is 1. The number of hydrogen-bond acceptors (Lipinski definition) is 6. The van der Waals surface area contributed by atoms with Crippen LogP contribution in [0.2, 0.25) is 0 Å². The summed E-state index contributed by atoms with van der Waals surface area (Å²) in [4.78, 5) is 15.9. The van der Waals surface area contributed by atoms with Gasteiger partial charge in [0.1, 0.15) is 0 Å². The highest BCUT2D eigenvalue weighted by molar-refractivity contribution is 7.89. The van der Waals surface area contributed by atoms with Gasteiger partial charge in [0.05, 0.1) is 29.0 Å². The first-order valence-electron chi connectivity index (χ1n) is 7.96. The van der Waals surface area contributed by atoms with Crippen LogP contribution in [0.3, 0.4) is 0 Å². The summed E-state index contributed by atoms with van der Waals surface area (Å²) < 4.78 is 27.0. The molecule has 0 saturated carbocycles. The van der Waals surface area contributed by atoms with Crippen molar-refractivity contribution in [2.75, 3.05) is 32.0 Å². The quantitative estimate of drug-likeness (QED) is 0.359. The summed E-state index contributed by atoms with van der Waals surface area (Å²) >= 11 is 0. The highest BCUT2D eigenvalue weighted by Gasteiger charge is 2.27. The Balaban J connectivity index is 2.35. The third kappa shape index (κ3) is 3.06. The van der Waals surface area contributed by atoms with Crippen molar-refractivity contribution < 1.29 is 18.6 Å². The predicted molar refractivity (Wildman–Crippen MR) is 99.4 cm³/mol.